The molecule has 1 amide bonds. The third-order valence-electron chi connectivity index (χ3n) is 5.98. The Kier molecular flexibility index (Phi) is 7.75. The highest BCUT2D eigenvalue weighted by Crippen LogP contribution is 2.35. The van der Waals surface area contributed by atoms with Crippen molar-refractivity contribution in [3.05, 3.63) is 70.9 Å². The fourth-order valence-electron chi connectivity index (χ4n) is 3.97. The minimum Gasteiger partial charge on any atom is -0.352 e. The number of benzene rings is 1. The number of anilines is 2. The van der Waals surface area contributed by atoms with Crippen LogP contribution in [0.4, 0.5) is 24.1 Å². The maximum absolute atomic E-state index is 12.8. The van der Waals surface area contributed by atoms with Gasteiger partial charge in [-0.15, -0.1) is 0 Å². The lowest BCUT2D eigenvalue weighted by atomic mass is 9.95. The molecule has 0 saturated heterocycles. The summed E-state index contributed by atoms with van der Waals surface area (Å²) >= 11 is 0.413. The minimum absolute atomic E-state index is 0.0701. The summed E-state index contributed by atoms with van der Waals surface area (Å²) in [5.74, 6) is 0.00844. The predicted octanol–water partition coefficient (Wildman–Crippen LogP) is 5.45. The van der Waals surface area contributed by atoms with Crippen LogP contribution < -0.4 is 10.2 Å². The molecule has 0 aliphatic carbocycles. The maximum atomic E-state index is 12.8. The Morgan fingerprint density at radius 2 is 2.00 bits per heavy atom. The highest BCUT2D eigenvalue weighted by Gasteiger charge is 2.33. The van der Waals surface area contributed by atoms with Crippen molar-refractivity contribution in [3.63, 3.8) is 0 Å². The number of nitrogens with one attached hydrogen (secondary N) is 1. The van der Waals surface area contributed by atoms with Crippen LogP contribution in [0.25, 0.3) is 11.1 Å². The molecule has 2 aromatic heterocycles. The van der Waals surface area contributed by atoms with E-state index in [1.54, 1.807) is 6.92 Å². The van der Waals surface area contributed by atoms with E-state index >= 15 is 0 Å². The molecule has 0 unspecified atom stereocenters. The van der Waals surface area contributed by atoms with Crippen molar-refractivity contribution in [2.45, 2.75) is 25.4 Å². The Bertz CT molecular complexity index is 1250. The summed E-state index contributed by atoms with van der Waals surface area (Å²) in [6, 6.07) is 9.73. The maximum Gasteiger partial charge on any atom is 0.427 e. The normalized spacial score (nSPS) is 14.5. The van der Waals surface area contributed by atoms with Crippen molar-refractivity contribution in [2.75, 3.05) is 43.9 Å². The van der Waals surface area contributed by atoms with Crippen LogP contribution in [0.1, 0.15) is 28.8 Å². The Morgan fingerprint density at radius 1 is 1.19 bits per heavy atom. The Morgan fingerprint density at radius 3 is 2.72 bits per heavy atom. The third-order valence-corrected chi connectivity index (χ3v) is 6.94. The quantitative estimate of drug-likeness (QED) is 0.405. The lowest BCUT2D eigenvalue weighted by molar-refractivity contribution is -0.134. The molecule has 1 aliphatic rings. The fourth-order valence-corrected chi connectivity index (χ4v) is 4.66. The number of nitrogens with zero attached hydrogens (tertiary/aromatic N) is 4. The van der Waals surface area contributed by atoms with Crippen molar-refractivity contribution in [3.8, 4) is 11.1 Å². The fraction of sp³-hybridized carbons (Fsp3) is 0.346. The molecule has 0 bridgehead atoms. The second-order valence-electron chi connectivity index (χ2n) is 9.00. The molecule has 0 spiro atoms. The van der Waals surface area contributed by atoms with Gasteiger partial charge in [0.1, 0.15) is 10.7 Å². The number of halogens is 3. The van der Waals surface area contributed by atoms with E-state index in [9.17, 15) is 18.0 Å². The number of thiazole rings is 1. The van der Waals surface area contributed by atoms with Crippen LogP contribution in [0.5, 0.6) is 0 Å². The molecular formula is C26H28F3N5OS. The summed E-state index contributed by atoms with van der Waals surface area (Å²) in [6.07, 6.45) is 3.33. The van der Waals surface area contributed by atoms with Crippen LogP contribution in [-0.2, 0) is 17.4 Å². The summed E-state index contributed by atoms with van der Waals surface area (Å²) in [4.78, 5) is 24.6. The Balaban J connectivity index is 1.45. The molecule has 190 valence electrons. The van der Waals surface area contributed by atoms with Gasteiger partial charge in [-0.05, 0) is 50.2 Å². The van der Waals surface area contributed by atoms with Gasteiger partial charge in [0, 0.05) is 31.4 Å². The first kappa shape index (κ1) is 25.8. The van der Waals surface area contributed by atoms with E-state index in [-0.39, 0.29) is 5.13 Å². The molecule has 1 atom stereocenters. The summed E-state index contributed by atoms with van der Waals surface area (Å²) < 4.78 is 38.4. The van der Waals surface area contributed by atoms with Gasteiger partial charge in [-0.25, -0.2) is 9.97 Å². The van der Waals surface area contributed by atoms with Crippen molar-refractivity contribution < 1.29 is 18.0 Å². The number of alkyl halides is 3. The number of rotatable bonds is 8. The largest absolute Gasteiger partial charge is 0.427 e. The zero-order chi connectivity index (χ0) is 25.9. The monoisotopic (exact) mass is 515 g/mol. The molecule has 3 heterocycles. The first-order valence-electron chi connectivity index (χ1n) is 11.6. The molecule has 3 aromatic rings. The van der Waals surface area contributed by atoms with Crippen LogP contribution >= 0.6 is 11.3 Å². The zero-order valence-electron chi connectivity index (χ0n) is 20.3. The highest BCUT2D eigenvalue weighted by atomic mass is 32.1. The first-order valence-corrected chi connectivity index (χ1v) is 12.4. The van der Waals surface area contributed by atoms with Crippen molar-refractivity contribution in [2.24, 2.45) is 0 Å². The second-order valence-corrected chi connectivity index (χ2v) is 10.0. The average Bonchev–Trinajstić information content (AvgIpc) is 3.48. The van der Waals surface area contributed by atoms with E-state index in [4.69, 9.17) is 4.98 Å². The summed E-state index contributed by atoms with van der Waals surface area (Å²) in [7, 11) is 4.07. The van der Waals surface area contributed by atoms with Crippen LogP contribution in [0, 0.1) is 0 Å². The average molecular weight is 516 g/mol. The molecule has 36 heavy (non-hydrogen) atoms. The van der Waals surface area contributed by atoms with Crippen LogP contribution in [0.2, 0.25) is 0 Å². The number of pyridine rings is 1. The molecule has 1 aromatic carbocycles. The molecule has 1 N–H and O–H groups in total. The van der Waals surface area contributed by atoms with Crippen LogP contribution in [0.15, 0.2) is 54.9 Å². The van der Waals surface area contributed by atoms with E-state index in [1.165, 1.54) is 5.56 Å². The SMILES string of the molecule is C[C@H](C(=O)Nc1ncc(C(F)(F)F)s1)c1cccc(-c2cnc3c(c2)CCN3C/C=C/CN(C)C)c1. The molecular weight excluding hydrogens is 487 g/mol. The van der Waals surface area contributed by atoms with Gasteiger partial charge in [0.25, 0.3) is 0 Å². The standard InChI is InChI=1S/C26H28F3N5OS/c1-17(24(35)32-25-31-16-22(36-25)26(27,28)29)18-7-6-8-19(13-18)21-14-20-9-12-34(23(20)30-15-21)11-5-4-10-33(2)3/h4-8,13-17H,9-12H2,1-3H3,(H,31,32,35)/b5-4+/t17-/m0/s1. The van der Waals surface area contributed by atoms with Gasteiger partial charge in [0.2, 0.25) is 5.91 Å². The molecule has 6 nitrogen and oxygen atoms in total. The molecule has 0 fully saturated rings. The van der Waals surface area contributed by atoms with E-state index in [0.717, 1.165) is 54.8 Å². The van der Waals surface area contributed by atoms with E-state index in [0.29, 0.717) is 11.3 Å². The zero-order valence-corrected chi connectivity index (χ0v) is 21.2. The summed E-state index contributed by atoms with van der Waals surface area (Å²) in [5.41, 5.74) is 3.84. The van der Waals surface area contributed by atoms with Gasteiger partial charge < -0.3 is 15.1 Å². The Labute approximate surface area is 212 Å². The second kappa shape index (κ2) is 10.8. The smallest absolute Gasteiger partial charge is 0.352 e. The summed E-state index contributed by atoms with van der Waals surface area (Å²) in [5, 5.41) is 2.43. The van der Waals surface area contributed by atoms with Gasteiger partial charge in [0.15, 0.2) is 5.13 Å². The highest BCUT2D eigenvalue weighted by molar-refractivity contribution is 7.15. The van der Waals surface area contributed by atoms with Gasteiger partial charge in [-0.2, -0.15) is 13.2 Å². The van der Waals surface area contributed by atoms with Crippen LogP contribution in [-0.4, -0.2) is 54.5 Å². The van der Waals surface area contributed by atoms with Crippen molar-refractivity contribution in [1.29, 1.82) is 0 Å². The van der Waals surface area contributed by atoms with Gasteiger partial charge in [-0.1, -0.05) is 47.8 Å². The van der Waals surface area contributed by atoms with E-state index < -0.39 is 22.9 Å². The molecule has 0 saturated carbocycles. The van der Waals surface area contributed by atoms with Gasteiger partial charge in [0.05, 0.1) is 12.1 Å². The number of amides is 1. The van der Waals surface area contributed by atoms with Crippen molar-refractivity contribution >= 4 is 28.2 Å². The predicted molar refractivity (Wildman–Crippen MR) is 137 cm³/mol. The van der Waals surface area contributed by atoms with Gasteiger partial charge in [-0.3, -0.25) is 4.79 Å². The number of likely N-dealkylation sites (N-methyl/N-ethyl adjacent to an activating group) is 1. The number of aromatic nitrogens is 2. The molecule has 0 radical (unpaired) electrons. The van der Waals surface area contributed by atoms with Crippen molar-refractivity contribution in [1.82, 2.24) is 14.9 Å². The number of hydrogen-bond acceptors (Lipinski definition) is 6. The molecule has 4 rings (SSSR count). The lowest BCUT2D eigenvalue weighted by Gasteiger charge is -2.16. The lowest BCUT2D eigenvalue weighted by Crippen LogP contribution is -2.21. The van der Waals surface area contributed by atoms with Gasteiger partial charge >= 0.3 is 6.18 Å². The number of fused-ring (bicyclic) bond motifs is 1. The Hall–Kier alpha value is -3.24. The molecule has 1 aliphatic heterocycles. The number of hydrogen-bond donors (Lipinski definition) is 1. The minimum atomic E-state index is -4.48. The summed E-state index contributed by atoms with van der Waals surface area (Å²) in [6.45, 7) is 4.36. The first-order chi connectivity index (χ1) is 17.1. The number of carbonyl (C=O) groups is 1. The molecule has 10 heteroatoms. The van der Waals surface area contributed by atoms with E-state index in [2.05, 4.69) is 38.3 Å². The van der Waals surface area contributed by atoms with E-state index in [1.807, 2.05) is 44.6 Å². The number of carbonyl (C=O) groups excluding carboxylic acids is 1. The third kappa shape index (κ3) is 6.11. The van der Waals surface area contributed by atoms with Crippen LogP contribution in [0.3, 0.4) is 0 Å². The topological polar surface area (TPSA) is 61.4 Å².